The van der Waals surface area contributed by atoms with Crippen LogP contribution in [0.1, 0.15) is 25.3 Å². The van der Waals surface area contributed by atoms with Gasteiger partial charge in [0.1, 0.15) is 17.9 Å². The number of anilines is 1. The molecule has 8 nitrogen and oxygen atoms in total. The minimum Gasteiger partial charge on any atom is -0.323 e. The zero-order valence-corrected chi connectivity index (χ0v) is 17.1. The van der Waals surface area contributed by atoms with Crippen LogP contribution in [0.5, 0.6) is 0 Å². The lowest BCUT2D eigenvalue weighted by atomic mass is 9.96. The first-order chi connectivity index (χ1) is 13.8. The summed E-state index contributed by atoms with van der Waals surface area (Å²) in [6, 6.07) is 6.36. The van der Waals surface area contributed by atoms with Crippen LogP contribution in [0.3, 0.4) is 0 Å². The number of nitrogens with zero attached hydrogens (tertiary/aromatic N) is 3. The SMILES string of the molecule is CC1(C2CC2)NC(=O)N(CC(=O)Nc2ccnn2Cc2cccc(Cl)c2Cl)C1=O. The molecule has 0 bridgehead atoms. The molecule has 4 rings (SSSR count). The van der Waals surface area contributed by atoms with Gasteiger partial charge >= 0.3 is 6.03 Å². The zero-order valence-electron chi connectivity index (χ0n) is 15.6. The van der Waals surface area contributed by atoms with Crippen LogP contribution in [-0.2, 0) is 16.1 Å². The van der Waals surface area contributed by atoms with Crippen molar-refractivity contribution in [3.63, 3.8) is 0 Å². The summed E-state index contributed by atoms with van der Waals surface area (Å²) in [4.78, 5) is 38.3. The summed E-state index contributed by atoms with van der Waals surface area (Å²) >= 11 is 12.3. The number of urea groups is 1. The van der Waals surface area contributed by atoms with E-state index < -0.39 is 17.5 Å². The number of rotatable bonds is 6. The van der Waals surface area contributed by atoms with Gasteiger partial charge in [0.2, 0.25) is 5.91 Å². The predicted molar refractivity (Wildman–Crippen MR) is 108 cm³/mol. The van der Waals surface area contributed by atoms with Crippen LogP contribution in [0.2, 0.25) is 10.0 Å². The van der Waals surface area contributed by atoms with E-state index in [9.17, 15) is 14.4 Å². The van der Waals surface area contributed by atoms with E-state index in [1.165, 1.54) is 6.20 Å². The summed E-state index contributed by atoms with van der Waals surface area (Å²) in [7, 11) is 0. The summed E-state index contributed by atoms with van der Waals surface area (Å²) < 4.78 is 1.55. The standard InChI is InChI=1S/C19H19Cl2N5O3/c1-19(12-5-6-12)17(28)25(18(29)24-19)10-15(27)23-14-7-8-22-26(14)9-11-3-2-4-13(20)16(11)21/h2-4,7-8,12H,5-6,9-10H2,1H3,(H,23,27)(H,24,29). The van der Waals surface area contributed by atoms with Gasteiger partial charge in [-0.05, 0) is 37.3 Å². The molecule has 152 valence electrons. The summed E-state index contributed by atoms with van der Waals surface area (Å²) in [5.74, 6) is -0.300. The number of hydrogen-bond acceptors (Lipinski definition) is 4. The van der Waals surface area contributed by atoms with Crippen molar-refractivity contribution >= 4 is 46.9 Å². The van der Waals surface area contributed by atoms with Crippen LogP contribution in [0.15, 0.2) is 30.5 Å². The third-order valence-corrected chi connectivity index (χ3v) is 6.19. The second-order valence-corrected chi connectivity index (χ2v) is 8.22. The number of halogens is 2. The van der Waals surface area contributed by atoms with E-state index in [0.29, 0.717) is 22.4 Å². The highest BCUT2D eigenvalue weighted by Gasteiger charge is 2.56. The fraction of sp³-hybridized carbons (Fsp3) is 0.368. The van der Waals surface area contributed by atoms with Crippen molar-refractivity contribution in [3.8, 4) is 0 Å². The van der Waals surface area contributed by atoms with Crippen LogP contribution in [0, 0.1) is 5.92 Å². The van der Waals surface area contributed by atoms with E-state index >= 15 is 0 Å². The smallest absolute Gasteiger partial charge is 0.323 e. The molecule has 10 heteroatoms. The number of nitrogens with one attached hydrogen (secondary N) is 2. The first kappa shape index (κ1) is 19.7. The first-order valence-electron chi connectivity index (χ1n) is 9.18. The Morgan fingerprint density at radius 1 is 1.31 bits per heavy atom. The van der Waals surface area contributed by atoms with Crippen molar-refractivity contribution in [1.82, 2.24) is 20.0 Å². The number of carbonyl (C=O) groups is 3. The molecule has 2 aliphatic rings. The molecule has 1 aromatic heterocycles. The van der Waals surface area contributed by atoms with Crippen LogP contribution >= 0.6 is 23.2 Å². The molecule has 2 fully saturated rings. The van der Waals surface area contributed by atoms with Crippen molar-refractivity contribution in [2.75, 3.05) is 11.9 Å². The molecule has 0 spiro atoms. The largest absolute Gasteiger partial charge is 0.325 e. The highest BCUT2D eigenvalue weighted by molar-refractivity contribution is 6.42. The number of carbonyl (C=O) groups excluding carboxylic acids is 3. The Balaban J connectivity index is 1.43. The fourth-order valence-electron chi connectivity index (χ4n) is 3.52. The minimum atomic E-state index is -0.914. The molecular weight excluding hydrogens is 417 g/mol. The lowest BCUT2D eigenvalue weighted by Crippen LogP contribution is -2.46. The first-order valence-corrected chi connectivity index (χ1v) is 9.94. The monoisotopic (exact) mass is 435 g/mol. The average Bonchev–Trinajstić information content (AvgIpc) is 3.41. The number of aromatic nitrogens is 2. The highest BCUT2D eigenvalue weighted by atomic mass is 35.5. The fourth-order valence-corrected chi connectivity index (χ4v) is 3.90. The van der Waals surface area contributed by atoms with Gasteiger partial charge in [0, 0.05) is 6.07 Å². The summed E-state index contributed by atoms with van der Waals surface area (Å²) in [5.41, 5.74) is -0.171. The van der Waals surface area contributed by atoms with Gasteiger partial charge in [-0.15, -0.1) is 0 Å². The van der Waals surface area contributed by atoms with Gasteiger partial charge in [0.25, 0.3) is 5.91 Å². The van der Waals surface area contributed by atoms with E-state index in [0.717, 1.165) is 23.3 Å². The quantitative estimate of drug-likeness (QED) is 0.681. The van der Waals surface area contributed by atoms with Crippen molar-refractivity contribution in [2.24, 2.45) is 5.92 Å². The van der Waals surface area contributed by atoms with E-state index in [2.05, 4.69) is 15.7 Å². The molecule has 2 heterocycles. The molecular formula is C19H19Cl2N5O3. The van der Waals surface area contributed by atoms with Crippen LogP contribution in [0.4, 0.5) is 10.6 Å². The third kappa shape index (κ3) is 3.70. The summed E-state index contributed by atoms with van der Waals surface area (Å²) in [6.07, 6.45) is 3.33. The second-order valence-electron chi connectivity index (χ2n) is 7.43. The zero-order chi connectivity index (χ0) is 20.8. The summed E-state index contributed by atoms with van der Waals surface area (Å²) in [6.45, 7) is 1.65. The Kier molecular flexibility index (Phi) is 5.00. The third-order valence-electron chi connectivity index (χ3n) is 5.33. The lowest BCUT2D eigenvalue weighted by Gasteiger charge is -2.20. The van der Waals surface area contributed by atoms with Gasteiger partial charge in [0.05, 0.1) is 22.8 Å². The van der Waals surface area contributed by atoms with Crippen LogP contribution in [-0.4, -0.2) is 44.6 Å². The molecule has 1 saturated heterocycles. The van der Waals surface area contributed by atoms with Gasteiger partial charge in [-0.3, -0.25) is 14.5 Å². The van der Waals surface area contributed by atoms with Gasteiger partial charge in [-0.2, -0.15) is 5.10 Å². The molecule has 1 aromatic carbocycles. The van der Waals surface area contributed by atoms with Crippen molar-refractivity contribution in [2.45, 2.75) is 31.8 Å². The van der Waals surface area contributed by atoms with Gasteiger partial charge < -0.3 is 10.6 Å². The molecule has 0 radical (unpaired) electrons. The number of hydrogen-bond donors (Lipinski definition) is 2. The van der Waals surface area contributed by atoms with Crippen LogP contribution < -0.4 is 10.6 Å². The maximum absolute atomic E-state index is 12.7. The normalized spacial score (nSPS) is 21.4. The van der Waals surface area contributed by atoms with Crippen molar-refractivity contribution < 1.29 is 14.4 Å². The molecule has 1 aliphatic heterocycles. The molecule has 2 aromatic rings. The Hall–Kier alpha value is -2.58. The van der Waals surface area contributed by atoms with E-state index in [-0.39, 0.29) is 18.4 Å². The van der Waals surface area contributed by atoms with Crippen molar-refractivity contribution in [3.05, 3.63) is 46.1 Å². The van der Waals surface area contributed by atoms with E-state index in [4.69, 9.17) is 23.2 Å². The molecule has 1 atom stereocenters. The number of amides is 4. The second kappa shape index (κ2) is 7.35. The predicted octanol–water partition coefficient (Wildman–Crippen LogP) is 2.90. The molecule has 2 N–H and O–H groups in total. The topological polar surface area (TPSA) is 96.3 Å². The Morgan fingerprint density at radius 2 is 2.07 bits per heavy atom. The minimum absolute atomic E-state index is 0.135. The number of benzene rings is 1. The van der Waals surface area contributed by atoms with E-state index in [1.807, 2.05) is 6.07 Å². The summed E-state index contributed by atoms with van der Waals surface area (Å²) in [5, 5.41) is 10.5. The number of imide groups is 1. The molecule has 1 saturated carbocycles. The van der Waals surface area contributed by atoms with Gasteiger partial charge in [-0.25, -0.2) is 9.48 Å². The van der Waals surface area contributed by atoms with Gasteiger partial charge in [0.15, 0.2) is 0 Å². The van der Waals surface area contributed by atoms with Crippen molar-refractivity contribution in [1.29, 1.82) is 0 Å². The highest BCUT2D eigenvalue weighted by Crippen LogP contribution is 2.42. The molecule has 4 amide bonds. The van der Waals surface area contributed by atoms with Crippen LogP contribution in [0.25, 0.3) is 0 Å². The molecule has 1 unspecified atom stereocenters. The Bertz CT molecular complexity index is 1000. The Labute approximate surface area is 177 Å². The maximum Gasteiger partial charge on any atom is 0.325 e. The van der Waals surface area contributed by atoms with E-state index in [1.54, 1.807) is 29.8 Å². The lowest BCUT2D eigenvalue weighted by molar-refractivity contribution is -0.134. The maximum atomic E-state index is 12.7. The molecule has 29 heavy (non-hydrogen) atoms. The molecule has 1 aliphatic carbocycles. The average molecular weight is 436 g/mol. The Morgan fingerprint density at radius 3 is 2.79 bits per heavy atom. The van der Waals surface area contributed by atoms with Gasteiger partial charge in [-0.1, -0.05) is 35.3 Å².